The second-order valence-electron chi connectivity index (χ2n) is 7.83. The number of aliphatic carboxylic acids is 1. The predicted octanol–water partition coefficient (Wildman–Crippen LogP) is 3.78. The Morgan fingerprint density at radius 3 is 2.11 bits per heavy atom. The van der Waals surface area contributed by atoms with Crippen molar-refractivity contribution < 1.29 is 23.1 Å². The fourth-order valence-corrected chi connectivity index (χ4v) is 4.47. The first kappa shape index (κ1) is 21.9. The summed E-state index contributed by atoms with van der Waals surface area (Å²) in [4.78, 5) is 12.1. The highest BCUT2D eigenvalue weighted by Crippen LogP contribution is 2.30. The van der Waals surface area contributed by atoms with E-state index in [2.05, 4.69) is 0 Å². The normalized spacial score (nSPS) is 13.3. The Morgan fingerprint density at radius 2 is 1.64 bits per heavy atom. The number of hydrogen-bond acceptors (Lipinski definition) is 4. The Balaban J connectivity index is 2.52. The van der Waals surface area contributed by atoms with Gasteiger partial charge in [0, 0.05) is 6.54 Å². The zero-order chi connectivity index (χ0) is 20.9. The monoisotopic (exact) mass is 405 g/mol. The van der Waals surface area contributed by atoms with Crippen molar-refractivity contribution in [2.24, 2.45) is 5.41 Å². The highest BCUT2D eigenvalue weighted by atomic mass is 32.2. The van der Waals surface area contributed by atoms with Crippen molar-refractivity contribution in [2.75, 3.05) is 7.11 Å². The van der Waals surface area contributed by atoms with Crippen LogP contribution < -0.4 is 4.74 Å². The van der Waals surface area contributed by atoms with Gasteiger partial charge in [-0.25, -0.2) is 8.42 Å². The summed E-state index contributed by atoms with van der Waals surface area (Å²) in [5.74, 6) is -0.638. The van der Waals surface area contributed by atoms with Crippen LogP contribution in [0.3, 0.4) is 0 Å². The standard InChI is InChI=1S/C21H27NO5S/c1-21(2,3)14-19(20(23)24)22(15-16-8-6-5-7-9-16)28(25,26)18-12-10-17(27-4)11-13-18/h5-13,19H,14-15H2,1-4H3,(H,23,24)/t19-/m1/s1. The Kier molecular flexibility index (Phi) is 6.85. The maximum atomic E-state index is 13.4. The van der Waals surface area contributed by atoms with E-state index in [1.54, 1.807) is 36.4 Å². The number of carboxylic acid groups (broad SMARTS) is 1. The smallest absolute Gasteiger partial charge is 0.322 e. The van der Waals surface area contributed by atoms with Gasteiger partial charge in [0.1, 0.15) is 11.8 Å². The van der Waals surface area contributed by atoms with Gasteiger partial charge in [-0.1, -0.05) is 51.1 Å². The molecule has 0 radical (unpaired) electrons. The van der Waals surface area contributed by atoms with Gasteiger partial charge in [-0.05, 0) is 41.7 Å². The molecule has 0 aliphatic rings. The van der Waals surface area contributed by atoms with E-state index in [4.69, 9.17) is 4.74 Å². The molecule has 0 unspecified atom stereocenters. The molecular weight excluding hydrogens is 378 g/mol. The second-order valence-corrected chi connectivity index (χ2v) is 9.72. The van der Waals surface area contributed by atoms with Crippen LogP contribution in [-0.2, 0) is 21.4 Å². The van der Waals surface area contributed by atoms with Crippen LogP contribution in [0.5, 0.6) is 5.75 Å². The fourth-order valence-electron chi connectivity index (χ4n) is 2.90. The molecule has 0 spiro atoms. The van der Waals surface area contributed by atoms with Crippen LogP contribution in [0.1, 0.15) is 32.8 Å². The maximum absolute atomic E-state index is 13.4. The highest BCUT2D eigenvalue weighted by Gasteiger charge is 2.38. The molecular formula is C21H27NO5S. The van der Waals surface area contributed by atoms with E-state index >= 15 is 0 Å². The molecule has 2 rings (SSSR count). The molecule has 0 bridgehead atoms. The van der Waals surface area contributed by atoms with E-state index < -0.39 is 22.0 Å². The number of carbonyl (C=O) groups is 1. The number of benzene rings is 2. The maximum Gasteiger partial charge on any atom is 0.322 e. The van der Waals surface area contributed by atoms with E-state index in [0.29, 0.717) is 5.75 Å². The van der Waals surface area contributed by atoms with Gasteiger partial charge in [0.2, 0.25) is 10.0 Å². The van der Waals surface area contributed by atoms with Crippen molar-refractivity contribution in [2.45, 2.75) is 44.7 Å². The SMILES string of the molecule is COc1ccc(S(=O)(=O)N(Cc2ccccc2)[C@H](CC(C)(C)C)C(=O)O)cc1. The van der Waals surface area contributed by atoms with Gasteiger partial charge in [-0.2, -0.15) is 4.31 Å². The van der Waals surface area contributed by atoms with Crippen LogP contribution in [0.2, 0.25) is 0 Å². The molecule has 0 fully saturated rings. The third-order valence-electron chi connectivity index (χ3n) is 4.29. The number of rotatable bonds is 8. The lowest BCUT2D eigenvalue weighted by atomic mass is 9.88. The lowest BCUT2D eigenvalue weighted by molar-refractivity contribution is -0.142. The van der Waals surface area contributed by atoms with E-state index in [0.717, 1.165) is 9.87 Å². The molecule has 28 heavy (non-hydrogen) atoms. The first-order chi connectivity index (χ1) is 13.0. The number of hydrogen-bond donors (Lipinski definition) is 1. The van der Waals surface area contributed by atoms with Crippen molar-refractivity contribution in [3.8, 4) is 5.75 Å². The van der Waals surface area contributed by atoms with E-state index in [-0.39, 0.29) is 23.3 Å². The molecule has 152 valence electrons. The van der Waals surface area contributed by atoms with Gasteiger partial charge in [-0.15, -0.1) is 0 Å². The average molecular weight is 406 g/mol. The van der Waals surface area contributed by atoms with Crippen molar-refractivity contribution in [3.63, 3.8) is 0 Å². The molecule has 0 aromatic heterocycles. The lowest BCUT2D eigenvalue weighted by Gasteiger charge is -2.32. The topological polar surface area (TPSA) is 83.9 Å². The first-order valence-electron chi connectivity index (χ1n) is 8.97. The summed E-state index contributed by atoms with van der Waals surface area (Å²) < 4.78 is 32.9. The van der Waals surface area contributed by atoms with Crippen LogP contribution in [0.4, 0.5) is 0 Å². The first-order valence-corrected chi connectivity index (χ1v) is 10.4. The molecule has 6 nitrogen and oxygen atoms in total. The van der Waals surface area contributed by atoms with E-state index in [1.807, 2.05) is 26.8 Å². The van der Waals surface area contributed by atoms with Gasteiger partial charge in [-0.3, -0.25) is 4.79 Å². The van der Waals surface area contributed by atoms with Crippen LogP contribution in [0.25, 0.3) is 0 Å². The summed E-state index contributed by atoms with van der Waals surface area (Å²) >= 11 is 0. The lowest BCUT2D eigenvalue weighted by Crippen LogP contribution is -2.46. The minimum absolute atomic E-state index is 0.0255. The summed E-state index contributed by atoms with van der Waals surface area (Å²) in [6.45, 7) is 5.65. The van der Waals surface area contributed by atoms with Gasteiger partial charge >= 0.3 is 5.97 Å². The zero-order valence-electron chi connectivity index (χ0n) is 16.6. The van der Waals surface area contributed by atoms with Gasteiger partial charge in [0.25, 0.3) is 0 Å². The Hall–Kier alpha value is -2.38. The van der Waals surface area contributed by atoms with Crippen molar-refractivity contribution in [1.82, 2.24) is 4.31 Å². The van der Waals surface area contributed by atoms with Crippen LogP contribution in [0, 0.1) is 5.41 Å². The van der Waals surface area contributed by atoms with E-state index in [1.165, 1.54) is 19.2 Å². The van der Waals surface area contributed by atoms with Crippen LogP contribution in [0.15, 0.2) is 59.5 Å². The number of ether oxygens (including phenoxy) is 1. The van der Waals surface area contributed by atoms with Crippen molar-refractivity contribution >= 4 is 16.0 Å². The summed E-state index contributed by atoms with van der Waals surface area (Å²) in [6, 6.07) is 13.8. The number of sulfonamides is 1. The number of nitrogens with zero attached hydrogens (tertiary/aromatic N) is 1. The minimum atomic E-state index is -4.04. The highest BCUT2D eigenvalue weighted by molar-refractivity contribution is 7.89. The zero-order valence-corrected chi connectivity index (χ0v) is 17.4. The molecule has 0 saturated heterocycles. The summed E-state index contributed by atoms with van der Waals surface area (Å²) in [7, 11) is -2.55. The van der Waals surface area contributed by atoms with Crippen molar-refractivity contribution in [1.29, 1.82) is 0 Å². The Labute approximate surface area is 166 Å². The van der Waals surface area contributed by atoms with Gasteiger partial charge < -0.3 is 9.84 Å². The number of carboxylic acids is 1. The van der Waals surface area contributed by atoms with Crippen LogP contribution >= 0.6 is 0 Å². The minimum Gasteiger partial charge on any atom is -0.497 e. The summed E-state index contributed by atoms with van der Waals surface area (Å²) in [5, 5.41) is 9.85. The summed E-state index contributed by atoms with van der Waals surface area (Å²) in [5.41, 5.74) is 0.354. The Morgan fingerprint density at radius 1 is 1.07 bits per heavy atom. The molecule has 0 saturated carbocycles. The second kappa shape index (κ2) is 8.75. The third-order valence-corrected chi connectivity index (χ3v) is 6.15. The molecule has 2 aromatic rings. The largest absolute Gasteiger partial charge is 0.497 e. The van der Waals surface area contributed by atoms with E-state index in [9.17, 15) is 18.3 Å². The van der Waals surface area contributed by atoms with Gasteiger partial charge in [0.15, 0.2) is 0 Å². The quantitative estimate of drug-likeness (QED) is 0.723. The number of methoxy groups -OCH3 is 1. The summed E-state index contributed by atoms with van der Waals surface area (Å²) in [6.07, 6.45) is 0.185. The third kappa shape index (κ3) is 5.56. The molecule has 0 amide bonds. The molecule has 2 aromatic carbocycles. The molecule has 1 atom stereocenters. The average Bonchev–Trinajstić information content (AvgIpc) is 2.64. The predicted molar refractivity (Wildman–Crippen MR) is 108 cm³/mol. The Bertz CT molecular complexity index is 887. The fraction of sp³-hybridized carbons (Fsp3) is 0.381. The molecule has 0 aliphatic carbocycles. The van der Waals surface area contributed by atoms with Gasteiger partial charge in [0.05, 0.1) is 12.0 Å². The molecule has 7 heteroatoms. The molecule has 0 heterocycles. The molecule has 1 N–H and O–H groups in total. The van der Waals surface area contributed by atoms with Crippen LogP contribution in [-0.4, -0.2) is 37.0 Å². The molecule has 0 aliphatic heterocycles. The van der Waals surface area contributed by atoms with Crippen molar-refractivity contribution in [3.05, 3.63) is 60.2 Å².